The van der Waals surface area contributed by atoms with Gasteiger partial charge in [-0.15, -0.1) is 0 Å². The Kier molecular flexibility index (Phi) is 16.7. The number of hydrogen-bond acceptors (Lipinski definition) is 9. The fraction of sp³-hybridized carbons (Fsp3) is 0.395. The Bertz CT molecular complexity index is 1870. The van der Waals surface area contributed by atoms with Gasteiger partial charge in [-0.25, -0.2) is 8.78 Å². The maximum Gasteiger partial charge on any atom is 0.237 e. The van der Waals surface area contributed by atoms with Crippen LogP contribution in [0.15, 0.2) is 78.9 Å². The molecule has 5 rings (SSSR count). The summed E-state index contributed by atoms with van der Waals surface area (Å²) in [6.07, 6.45) is 2.15. The van der Waals surface area contributed by atoms with E-state index in [9.17, 15) is 18.4 Å². The van der Waals surface area contributed by atoms with Crippen molar-refractivity contribution in [3.63, 3.8) is 0 Å². The molecule has 4 aromatic carbocycles. The molecule has 0 aromatic heterocycles. The van der Waals surface area contributed by atoms with E-state index in [0.717, 1.165) is 54.3 Å². The summed E-state index contributed by atoms with van der Waals surface area (Å²) in [7, 11) is 4.77. The average Bonchev–Trinajstić information content (AvgIpc) is 3.75. The van der Waals surface area contributed by atoms with Gasteiger partial charge < -0.3 is 45.4 Å². The van der Waals surface area contributed by atoms with Crippen LogP contribution >= 0.6 is 0 Å². The monoisotopic (exact) mass is 776 g/mol. The van der Waals surface area contributed by atoms with Crippen LogP contribution in [-0.2, 0) is 29.3 Å². The lowest BCUT2D eigenvalue weighted by molar-refractivity contribution is -0.123. The fourth-order valence-electron chi connectivity index (χ4n) is 6.14. The Labute approximate surface area is 328 Å². The van der Waals surface area contributed by atoms with Crippen molar-refractivity contribution < 1.29 is 42.1 Å². The van der Waals surface area contributed by atoms with E-state index in [2.05, 4.69) is 16.0 Å². The third-order valence-electron chi connectivity index (χ3n) is 9.56. The van der Waals surface area contributed by atoms with Crippen molar-refractivity contribution in [2.24, 2.45) is 11.7 Å². The number of carbonyl (C=O) groups excluding carboxylic acids is 2. The van der Waals surface area contributed by atoms with Crippen molar-refractivity contribution >= 4 is 11.8 Å². The number of primary amides is 1. The van der Waals surface area contributed by atoms with E-state index in [4.69, 9.17) is 29.4 Å². The predicted molar refractivity (Wildman–Crippen MR) is 211 cm³/mol. The van der Waals surface area contributed by atoms with Gasteiger partial charge in [0, 0.05) is 30.8 Å². The minimum atomic E-state index is -0.653. The van der Waals surface area contributed by atoms with E-state index in [-0.39, 0.29) is 29.8 Å². The fourth-order valence-corrected chi connectivity index (χ4v) is 6.14. The summed E-state index contributed by atoms with van der Waals surface area (Å²) in [4.78, 5) is 23.8. The average molecular weight is 777 g/mol. The zero-order valence-corrected chi connectivity index (χ0v) is 33.0. The second kappa shape index (κ2) is 21.6. The summed E-state index contributed by atoms with van der Waals surface area (Å²) in [6, 6.07) is 21.5. The summed E-state index contributed by atoms with van der Waals surface area (Å²) in [5.41, 5.74) is 8.73. The number of nitrogens with one attached hydrogen (secondary N) is 3. The number of nitrogens with two attached hydrogens (primary N) is 1. The molecule has 11 nitrogen and oxygen atoms in total. The van der Waals surface area contributed by atoms with Gasteiger partial charge in [-0.1, -0.05) is 44.5 Å². The molecule has 302 valence electrons. The van der Waals surface area contributed by atoms with Crippen LogP contribution in [0.3, 0.4) is 0 Å². The lowest BCUT2D eigenvalue weighted by atomic mass is 9.98. The van der Waals surface area contributed by atoms with Crippen molar-refractivity contribution in [1.82, 2.24) is 16.0 Å². The molecule has 5 N–H and O–H groups in total. The Hall–Kier alpha value is -5.40. The van der Waals surface area contributed by atoms with Gasteiger partial charge in [0.2, 0.25) is 11.8 Å². The van der Waals surface area contributed by atoms with Gasteiger partial charge in [0.15, 0.2) is 11.5 Å². The molecule has 4 aromatic rings. The molecular formula is C43H54F2N4O7. The van der Waals surface area contributed by atoms with Crippen LogP contribution in [0.1, 0.15) is 68.4 Å². The van der Waals surface area contributed by atoms with Gasteiger partial charge in [-0.2, -0.15) is 0 Å². The third-order valence-corrected chi connectivity index (χ3v) is 9.56. The second-order valence-electron chi connectivity index (χ2n) is 13.6. The van der Waals surface area contributed by atoms with E-state index in [1.807, 2.05) is 62.4 Å². The number of ether oxygens (including phenoxy) is 5. The SMILES string of the molecule is CC[C@H](C)[C@H](NCc1ccc(OCc2cccc(OC)c2)cc1OC)C(N)=O.COc1cc(CNC(=O)C2CCCN2)ccc1OC(C)c1cc(F)cc(F)c1. The van der Waals surface area contributed by atoms with E-state index in [0.29, 0.717) is 48.3 Å². The number of halogens is 2. The number of carbonyl (C=O) groups is 2. The highest BCUT2D eigenvalue weighted by Crippen LogP contribution is 2.33. The number of hydrogen-bond donors (Lipinski definition) is 4. The van der Waals surface area contributed by atoms with Crippen molar-refractivity contribution in [3.05, 3.63) is 113 Å². The van der Waals surface area contributed by atoms with E-state index >= 15 is 0 Å². The third kappa shape index (κ3) is 12.8. The van der Waals surface area contributed by atoms with E-state index in [1.54, 1.807) is 33.3 Å². The zero-order valence-electron chi connectivity index (χ0n) is 33.0. The molecule has 0 spiro atoms. The summed E-state index contributed by atoms with van der Waals surface area (Å²) in [5, 5.41) is 9.31. The molecule has 1 fully saturated rings. The van der Waals surface area contributed by atoms with Crippen LogP contribution in [0.2, 0.25) is 0 Å². The molecule has 0 bridgehead atoms. The number of methoxy groups -OCH3 is 3. The number of amides is 2. The first-order chi connectivity index (χ1) is 26.9. The quantitative estimate of drug-likeness (QED) is 0.0863. The molecule has 1 aliphatic heterocycles. The topological polar surface area (TPSA) is 142 Å². The first-order valence-corrected chi connectivity index (χ1v) is 18.7. The molecule has 2 amide bonds. The van der Waals surface area contributed by atoms with Crippen LogP contribution in [0.5, 0.6) is 28.7 Å². The minimum absolute atomic E-state index is 0.0152. The lowest BCUT2D eigenvalue weighted by Crippen LogP contribution is -2.45. The standard InChI is InChI=1S/C22H30N2O4.C21H24F2N2O3/c1-5-15(2)21(22(23)25)24-13-17-9-10-19(12-20(17)27-4)28-14-16-7-6-8-18(11-16)26-3;1-13(15-9-16(22)11-17(23)10-15)28-19-6-5-14(8-20(19)27-2)12-25-21(26)18-4-3-7-24-18/h6-12,15,21,24H,5,13-14H2,1-4H3,(H2,23,25);5-6,8-11,13,18,24H,3-4,7,12H2,1-2H3,(H,25,26)/t15-,21-;/m0./s1. The maximum atomic E-state index is 13.4. The molecule has 2 unspecified atom stereocenters. The van der Waals surface area contributed by atoms with Crippen molar-refractivity contribution in [1.29, 1.82) is 0 Å². The summed E-state index contributed by atoms with van der Waals surface area (Å²) >= 11 is 0. The molecule has 0 radical (unpaired) electrons. The molecule has 0 aliphatic carbocycles. The van der Waals surface area contributed by atoms with Crippen molar-refractivity contribution in [2.45, 2.75) is 77.9 Å². The zero-order chi connectivity index (χ0) is 40.6. The highest BCUT2D eigenvalue weighted by molar-refractivity contribution is 5.82. The van der Waals surface area contributed by atoms with Gasteiger partial charge in [-0.3, -0.25) is 9.59 Å². The second-order valence-corrected chi connectivity index (χ2v) is 13.6. The first-order valence-electron chi connectivity index (χ1n) is 18.7. The van der Waals surface area contributed by atoms with Gasteiger partial charge in [0.05, 0.1) is 33.4 Å². The summed E-state index contributed by atoms with van der Waals surface area (Å²) < 4.78 is 54.7. The number of rotatable bonds is 18. The molecule has 1 heterocycles. The molecule has 56 heavy (non-hydrogen) atoms. The van der Waals surface area contributed by atoms with Crippen LogP contribution in [0.4, 0.5) is 8.78 Å². The van der Waals surface area contributed by atoms with Gasteiger partial charge in [0.25, 0.3) is 0 Å². The lowest BCUT2D eigenvalue weighted by Gasteiger charge is -2.22. The molecule has 1 saturated heterocycles. The van der Waals surface area contributed by atoms with Gasteiger partial charge in [0.1, 0.15) is 41.6 Å². The molecule has 13 heteroatoms. The minimum Gasteiger partial charge on any atom is -0.497 e. The van der Waals surface area contributed by atoms with Crippen molar-refractivity contribution in [2.75, 3.05) is 27.9 Å². The van der Waals surface area contributed by atoms with E-state index in [1.165, 1.54) is 19.2 Å². The normalized spacial score (nSPS) is 15.0. The molecular weight excluding hydrogens is 722 g/mol. The Morgan fingerprint density at radius 3 is 2.23 bits per heavy atom. The van der Waals surface area contributed by atoms with Crippen LogP contribution < -0.4 is 45.4 Å². The van der Waals surface area contributed by atoms with Crippen LogP contribution in [-0.4, -0.2) is 51.8 Å². The maximum absolute atomic E-state index is 13.4. The summed E-state index contributed by atoms with van der Waals surface area (Å²) in [6.45, 7) is 7.90. The number of benzene rings is 4. The molecule has 1 aliphatic rings. The van der Waals surface area contributed by atoms with E-state index < -0.39 is 17.7 Å². The highest BCUT2D eigenvalue weighted by Gasteiger charge is 2.23. The predicted octanol–water partition coefficient (Wildman–Crippen LogP) is 6.75. The van der Waals surface area contributed by atoms with Crippen molar-refractivity contribution in [3.8, 4) is 28.7 Å². The highest BCUT2D eigenvalue weighted by atomic mass is 19.1. The summed E-state index contributed by atoms with van der Waals surface area (Å²) in [5.74, 6) is 1.63. The smallest absolute Gasteiger partial charge is 0.237 e. The Morgan fingerprint density at radius 2 is 1.59 bits per heavy atom. The Morgan fingerprint density at radius 1 is 0.839 bits per heavy atom. The largest absolute Gasteiger partial charge is 0.497 e. The first kappa shape index (κ1) is 43.3. The van der Waals surface area contributed by atoms with Gasteiger partial charge >= 0.3 is 0 Å². The van der Waals surface area contributed by atoms with Gasteiger partial charge in [-0.05, 0) is 91.4 Å². The Balaban J connectivity index is 0.000000249. The van der Waals surface area contributed by atoms with Crippen LogP contribution in [0.25, 0.3) is 0 Å². The molecule has 4 atom stereocenters. The molecule has 0 saturated carbocycles. The van der Waals surface area contributed by atoms with Crippen LogP contribution in [0, 0.1) is 17.6 Å².